The van der Waals surface area contributed by atoms with E-state index in [1.54, 1.807) is 4.90 Å². The van der Waals surface area contributed by atoms with Crippen LogP contribution in [0.3, 0.4) is 0 Å². The molecule has 1 fully saturated rings. The standard InChI is InChI=1S/C16H24N2O3S/c1-13-10-18(8-9-22(20,21)12-13)16(19)15-7-5-4-6-14(15)11-17(2)3/h4-7,13H,8-12H2,1-3H3. The maximum Gasteiger partial charge on any atom is 0.254 e. The molecular formula is C16H24N2O3S. The summed E-state index contributed by atoms with van der Waals surface area (Å²) in [5.74, 6) is 0.119. The second-order valence-corrected chi connectivity index (χ2v) is 8.59. The van der Waals surface area contributed by atoms with Crippen molar-refractivity contribution < 1.29 is 13.2 Å². The SMILES string of the molecule is CC1CN(C(=O)c2ccccc2CN(C)C)CCS(=O)(=O)C1. The average Bonchev–Trinajstić information content (AvgIpc) is 2.55. The van der Waals surface area contributed by atoms with Crippen LogP contribution in [0, 0.1) is 5.92 Å². The molecule has 22 heavy (non-hydrogen) atoms. The molecule has 0 N–H and O–H groups in total. The van der Waals surface area contributed by atoms with E-state index in [-0.39, 0.29) is 29.9 Å². The summed E-state index contributed by atoms with van der Waals surface area (Å²) in [5, 5.41) is 0. The molecule has 1 aromatic carbocycles. The molecule has 1 amide bonds. The van der Waals surface area contributed by atoms with E-state index in [0.29, 0.717) is 18.7 Å². The fraction of sp³-hybridized carbons (Fsp3) is 0.562. The zero-order valence-corrected chi connectivity index (χ0v) is 14.3. The number of carbonyl (C=O) groups is 1. The summed E-state index contributed by atoms with van der Waals surface area (Å²) in [6.45, 7) is 3.34. The van der Waals surface area contributed by atoms with E-state index in [1.807, 2.05) is 50.2 Å². The van der Waals surface area contributed by atoms with E-state index in [2.05, 4.69) is 0 Å². The van der Waals surface area contributed by atoms with Crippen LogP contribution in [0.25, 0.3) is 0 Å². The highest BCUT2D eigenvalue weighted by molar-refractivity contribution is 7.91. The van der Waals surface area contributed by atoms with Gasteiger partial charge in [-0.1, -0.05) is 25.1 Å². The molecule has 0 saturated carbocycles. The minimum absolute atomic E-state index is 0.0301. The lowest BCUT2D eigenvalue weighted by Gasteiger charge is -2.24. The van der Waals surface area contributed by atoms with Gasteiger partial charge in [-0.2, -0.15) is 0 Å². The quantitative estimate of drug-likeness (QED) is 0.840. The third-order valence-electron chi connectivity index (χ3n) is 3.76. The van der Waals surface area contributed by atoms with Crippen LogP contribution in [-0.2, 0) is 16.4 Å². The van der Waals surface area contributed by atoms with Crippen molar-refractivity contribution in [3.05, 3.63) is 35.4 Å². The smallest absolute Gasteiger partial charge is 0.254 e. The van der Waals surface area contributed by atoms with Gasteiger partial charge >= 0.3 is 0 Å². The molecule has 2 rings (SSSR count). The van der Waals surface area contributed by atoms with Crippen molar-refractivity contribution in [2.24, 2.45) is 5.92 Å². The van der Waals surface area contributed by atoms with Crippen molar-refractivity contribution in [3.8, 4) is 0 Å². The van der Waals surface area contributed by atoms with Crippen LogP contribution in [0.5, 0.6) is 0 Å². The Morgan fingerprint density at radius 2 is 2.00 bits per heavy atom. The Morgan fingerprint density at radius 3 is 2.68 bits per heavy atom. The lowest BCUT2D eigenvalue weighted by molar-refractivity contribution is 0.0750. The Labute approximate surface area is 132 Å². The highest BCUT2D eigenvalue weighted by Crippen LogP contribution is 2.17. The van der Waals surface area contributed by atoms with Crippen LogP contribution >= 0.6 is 0 Å². The number of hydrogen-bond donors (Lipinski definition) is 0. The summed E-state index contributed by atoms with van der Waals surface area (Å²) < 4.78 is 23.7. The minimum atomic E-state index is -3.05. The third kappa shape index (κ3) is 4.30. The van der Waals surface area contributed by atoms with Gasteiger partial charge in [-0.25, -0.2) is 8.42 Å². The van der Waals surface area contributed by atoms with Gasteiger partial charge in [0.05, 0.1) is 11.5 Å². The van der Waals surface area contributed by atoms with Gasteiger partial charge in [0.15, 0.2) is 9.84 Å². The van der Waals surface area contributed by atoms with Crippen molar-refractivity contribution in [3.63, 3.8) is 0 Å². The molecule has 1 atom stereocenters. The molecule has 1 unspecified atom stereocenters. The molecule has 1 saturated heterocycles. The predicted octanol–water partition coefficient (Wildman–Crippen LogP) is 1.25. The van der Waals surface area contributed by atoms with Gasteiger partial charge in [0.25, 0.3) is 5.91 Å². The average molecular weight is 324 g/mol. The Bertz CT molecular complexity index is 641. The Kier molecular flexibility index (Phi) is 5.24. The molecule has 6 heteroatoms. The van der Waals surface area contributed by atoms with Gasteiger partial charge in [0.2, 0.25) is 0 Å². The van der Waals surface area contributed by atoms with Gasteiger partial charge in [0.1, 0.15) is 0 Å². The normalized spacial score (nSPS) is 21.6. The summed E-state index contributed by atoms with van der Waals surface area (Å²) in [5.41, 5.74) is 1.64. The van der Waals surface area contributed by atoms with Crippen molar-refractivity contribution in [1.29, 1.82) is 0 Å². The van der Waals surface area contributed by atoms with Crippen LogP contribution < -0.4 is 0 Å². The number of nitrogens with zero attached hydrogens (tertiary/aromatic N) is 2. The van der Waals surface area contributed by atoms with Crippen molar-refractivity contribution in [1.82, 2.24) is 9.80 Å². The fourth-order valence-corrected chi connectivity index (χ4v) is 4.49. The first-order valence-corrected chi connectivity index (χ1v) is 9.33. The van der Waals surface area contributed by atoms with Crippen LogP contribution in [0.1, 0.15) is 22.8 Å². The van der Waals surface area contributed by atoms with Crippen LogP contribution in [0.2, 0.25) is 0 Å². The molecule has 0 aromatic heterocycles. The number of benzene rings is 1. The molecule has 1 aromatic rings. The summed E-state index contributed by atoms with van der Waals surface area (Å²) >= 11 is 0. The predicted molar refractivity (Wildman–Crippen MR) is 87.6 cm³/mol. The maximum absolute atomic E-state index is 12.8. The Hall–Kier alpha value is -1.40. The second kappa shape index (κ2) is 6.79. The summed E-state index contributed by atoms with van der Waals surface area (Å²) in [6.07, 6.45) is 0. The van der Waals surface area contributed by atoms with Crippen LogP contribution in [0.15, 0.2) is 24.3 Å². The van der Waals surface area contributed by atoms with Crippen molar-refractivity contribution in [2.75, 3.05) is 38.7 Å². The minimum Gasteiger partial charge on any atom is -0.337 e. The molecule has 1 aliphatic rings. The van der Waals surface area contributed by atoms with E-state index in [9.17, 15) is 13.2 Å². The maximum atomic E-state index is 12.8. The van der Waals surface area contributed by atoms with Crippen LogP contribution in [-0.4, -0.2) is 62.8 Å². The van der Waals surface area contributed by atoms with Gasteiger partial charge in [-0.05, 0) is 31.6 Å². The summed E-state index contributed by atoms with van der Waals surface area (Å²) in [7, 11) is 0.872. The summed E-state index contributed by atoms with van der Waals surface area (Å²) in [6, 6.07) is 7.55. The zero-order valence-electron chi connectivity index (χ0n) is 13.4. The Balaban J connectivity index is 2.24. The lowest BCUT2D eigenvalue weighted by atomic mass is 10.1. The number of sulfone groups is 1. The topological polar surface area (TPSA) is 57.7 Å². The molecule has 5 nitrogen and oxygen atoms in total. The molecule has 0 aliphatic carbocycles. The van der Waals surface area contributed by atoms with Gasteiger partial charge in [-0.3, -0.25) is 4.79 Å². The molecule has 0 bridgehead atoms. The van der Waals surface area contributed by atoms with Crippen molar-refractivity contribution in [2.45, 2.75) is 13.5 Å². The van der Waals surface area contributed by atoms with Gasteiger partial charge in [-0.15, -0.1) is 0 Å². The molecule has 0 spiro atoms. The molecule has 122 valence electrons. The van der Waals surface area contributed by atoms with E-state index in [4.69, 9.17) is 0 Å². The van der Waals surface area contributed by atoms with Crippen molar-refractivity contribution >= 4 is 15.7 Å². The zero-order chi connectivity index (χ0) is 16.3. The number of carbonyl (C=O) groups excluding carboxylic acids is 1. The highest BCUT2D eigenvalue weighted by atomic mass is 32.2. The van der Waals surface area contributed by atoms with Gasteiger partial charge in [0, 0.05) is 25.2 Å². The molecule has 0 radical (unpaired) electrons. The van der Waals surface area contributed by atoms with E-state index < -0.39 is 9.84 Å². The number of hydrogen-bond acceptors (Lipinski definition) is 4. The van der Waals surface area contributed by atoms with Gasteiger partial charge < -0.3 is 9.80 Å². The van der Waals surface area contributed by atoms with Crippen LogP contribution in [0.4, 0.5) is 0 Å². The largest absolute Gasteiger partial charge is 0.337 e. The molecule has 1 aliphatic heterocycles. The monoisotopic (exact) mass is 324 g/mol. The van der Waals surface area contributed by atoms with E-state index in [1.165, 1.54) is 0 Å². The number of amides is 1. The first-order chi connectivity index (χ1) is 10.3. The first kappa shape index (κ1) is 17.0. The summed E-state index contributed by atoms with van der Waals surface area (Å²) in [4.78, 5) is 16.5. The molecule has 1 heterocycles. The van der Waals surface area contributed by atoms with E-state index in [0.717, 1.165) is 5.56 Å². The highest BCUT2D eigenvalue weighted by Gasteiger charge is 2.28. The van der Waals surface area contributed by atoms with E-state index >= 15 is 0 Å². The third-order valence-corrected chi connectivity index (χ3v) is 5.65. The number of rotatable bonds is 3. The first-order valence-electron chi connectivity index (χ1n) is 7.51. The lowest BCUT2D eigenvalue weighted by Crippen LogP contribution is -2.36. The fourth-order valence-electron chi connectivity index (χ4n) is 2.85. The molecular weight excluding hydrogens is 300 g/mol. The second-order valence-electron chi connectivity index (χ2n) is 6.37. The Morgan fingerprint density at radius 1 is 1.32 bits per heavy atom.